The summed E-state index contributed by atoms with van der Waals surface area (Å²) in [4.78, 5) is 8.92. The minimum Gasteiger partial charge on any atom is -0.265 e. The zero-order valence-electron chi connectivity index (χ0n) is 24.9. The Morgan fingerprint density at radius 2 is 0.826 bits per heavy atom. The third-order valence-electron chi connectivity index (χ3n) is 9.72. The van der Waals surface area contributed by atoms with Crippen molar-refractivity contribution in [2.45, 2.75) is 0 Å². The molecular formula is C44H26N2. The highest BCUT2D eigenvalue weighted by Gasteiger charge is 2.16. The van der Waals surface area contributed by atoms with Crippen LogP contribution in [0.5, 0.6) is 0 Å². The molecule has 2 nitrogen and oxygen atoms in total. The smallest absolute Gasteiger partial charge is 0.0702 e. The average molecular weight is 583 g/mol. The molecule has 2 heteroatoms. The van der Waals surface area contributed by atoms with Crippen LogP contribution in [0.1, 0.15) is 0 Å². The van der Waals surface area contributed by atoms with E-state index in [9.17, 15) is 0 Å². The number of rotatable bonds is 3. The summed E-state index contributed by atoms with van der Waals surface area (Å²) in [6, 6.07) is 51.3. The number of hydrogen-bond acceptors (Lipinski definition) is 2. The molecule has 8 aromatic carbocycles. The molecule has 0 amide bonds. The average Bonchev–Trinajstić information content (AvgIpc) is 3.13. The Hall–Kier alpha value is -6.12. The fraction of sp³-hybridized carbons (Fsp3) is 0. The number of fused-ring (bicyclic) bond motifs is 2. The van der Waals surface area contributed by atoms with E-state index in [4.69, 9.17) is 4.98 Å². The lowest BCUT2D eigenvalue weighted by Crippen LogP contribution is -1.89. The van der Waals surface area contributed by atoms with E-state index in [1.807, 2.05) is 30.7 Å². The van der Waals surface area contributed by atoms with Gasteiger partial charge in [-0.3, -0.25) is 9.97 Å². The standard InChI is InChI=1S/C44H26N2/c1-4-30-14-15-31-6-3-9-38-39-25-35(27-10-12-29(13-11-27)40-19-18-34(26-46-40)28-20-22-45-23-21-28)24-33-17-16-32-5-2-8-37(42(32)44(33)39)36(7-1)41(30)43(31)38/h1-26H. The first-order valence-corrected chi connectivity index (χ1v) is 15.7. The van der Waals surface area contributed by atoms with Crippen LogP contribution in [0.25, 0.3) is 98.1 Å². The van der Waals surface area contributed by atoms with E-state index < -0.39 is 0 Å². The topological polar surface area (TPSA) is 25.8 Å². The zero-order chi connectivity index (χ0) is 30.2. The second kappa shape index (κ2) is 9.69. The van der Waals surface area contributed by atoms with Crippen molar-refractivity contribution in [1.82, 2.24) is 9.97 Å². The Bertz CT molecular complexity index is 2760. The predicted molar refractivity (Wildman–Crippen MR) is 195 cm³/mol. The second-order valence-corrected chi connectivity index (χ2v) is 12.2. The van der Waals surface area contributed by atoms with E-state index in [0.717, 1.165) is 22.4 Å². The van der Waals surface area contributed by atoms with Crippen molar-refractivity contribution >= 4 is 64.6 Å². The predicted octanol–water partition coefficient (Wildman–Crippen LogP) is 11.8. The molecule has 0 aliphatic heterocycles. The molecule has 0 aliphatic rings. The van der Waals surface area contributed by atoms with Gasteiger partial charge in [-0.1, -0.05) is 109 Å². The van der Waals surface area contributed by atoms with Gasteiger partial charge in [0.15, 0.2) is 0 Å². The maximum absolute atomic E-state index is 4.79. The van der Waals surface area contributed by atoms with Crippen LogP contribution in [-0.2, 0) is 0 Å². The van der Waals surface area contributed by atoms with Crippen molar-refractivity contribution in [1.29, 1.82) is 0 Å². The summed E-state index contributed by atoms with van der Waals surface area (Å²) in [5.74, 6) is 0. The van der Waals surface area contributed by atoms with Crippen LogP contribution in [0, 0.1) is 0 Å². The van der Waals surface area contributed by atoms with Gasteiger partial charge in [-0.05, 0) is 112 Å². The number of hydrogen-bond donors (Lipinski definition) is 0. The van der Waals surface area contributed by atoms with Gasteiger partial charge in [-0.2, -0.15) is 0 Å². The van der Waals surface area contributed by atoms with E-state index in [-0.39, 0.29) is 0 Å². The molecule has 0 unspecified atom stereocenters. The van der Waals surface area contributed by atoms with Crippen LogP contribution in [0.15, 0.2) is 158 Å². The van der Waals surface area contributed by atoms with Gasteiger partial charge in [-0.15, -0.1) is 0 Å². The summed E-state index contributed by atoms with van der Waals surface area (Å²) < 4.78 is 0. The minimum atomic E-state index is 0.961. The molecule has 0 atom stereocenters. The minimum absolute atomic E-state index is 0.961. The largest absolute Gasteiger partial charge is 0.265 e. The van der Waals surface area contributed by atoms with Gasteiger partial charge in [0, 0.05) is 29.7 Å². The lowest BCUT2D eigenvalue weighted by molar-refractivity contribution is 1.30. The molecule has 10 aromatic rings. The molecule has 2 aromatic heterocycles. The highest BCUT2D eigenvalue weighted by molar-refractivity contribution is 6.37. The first-order valence-electron chi connectivity index (χ1n) is 15.7. The molecule has 0 saturated heterocycles. The fourth-order valence-corrected chi connectivity index (χ4v) is 7.56. The number of aromatic nitrogens is 2. The molecule has 0 saturated carbocycles. The number of nitrogens with zero attached hydrogens (tertiary/aromatic N) is 2. The second-order valence-electron chi connectivity index (χ2n) is 12.2. The molecule has 0 spiro atoms. The molecule has 0 aliphatic carbocycles. The summed E-state index contributed by atoms with van der Waals surface area (Å²) in [5, 5.41) is 15.6. The van der Waals surface area contributed by atoms with E-state index in [0.29, 0.717) is 0 Å². The van der Waals surface area contributed by atoms with Crippen molar-refractivity contribution in [3.63, 3.8) is 0 Å². The fourth-order valence-electron chi connectivity index (χ4n) is 7.56. The molecular weight excluding hydrogens is 556 g/mol. The third kappa shape index (κ3) is 3.71. The molecule has 0 N–H and O–H groups in total. The van der Waals surface area contributed by atoms with Crippen LogP contribution in [0.2, 0.25) is 0 Å². The normalized spacial score (nSPS) is 11.9. The van der Waals surface area contributed by atoms with Crippen LogP contribution < -0.4 is 0 Å². The van der Waals surface area contributed by atoms with Crippen molar-refractivity contribution in [3.05, 3.63) is 158 Å². The zero-order valence-corrected chi connectivity index (χ0v) is 24.9. The summed E-state index contributed by atoms with van der Waals surface area (Å²) in [6.07, 6.45) is 5.57. The molecule has 0 fully saturated rings. The van der Waals surface area contributed by atoms with E-state index in [1.54, 1.807) is 0 Å². The molecule has 10 rings (SSSR count). The first kappa shape index (κ1) is 25.2. The molecule has 212 valence electrons. The van der Waals surface area contributed by atoms with Crippen LogP contribution >= 0.6 is 0 Å². The van der Waals surface area contributed by atoms with Crippen molar-refractivity contribution in [2.24, 2.45) is 0 Å². The van der Waals surface area contributed by atoms with Gasteiger partial charge in [0.05, 0.1) is 5.69 Å². The van der Waals surface area contributed by atoms with Crippen LogP contribution in [-0.4, -0.2) is 9.97 Å². The van der Waals surface area contributed by atoms with Gasteiger partial charge in [0.2, 0.25) is 0 Å². The maximum Gasteiger partial charge on any atom is 0.0702 e. The van der Waals surface area contributed by atoms with Crippen molar-refractivity contribution in [2.75, 3.05) is 0 Å². The molecule has 0 bridgehead atoms. The number of pyridine rings is 2. The van der Waals surface area contributed by atoms with Gasteiger partial charge in [0.25, 0.3) is 0 Å². The SMILES string of the molecule is c1cc2ccc3cccc4c5cc(-c6ccc(-c7ccc(-c8ccncc8)cn7)cc6)cc6ccc7cccc(c(c1)c2c34)c7c65. The van der Waals surface area contributed by atoms with Gasteiger partial charge in [0.1, 0.15) is 0 Å². The van der Waals surface area contributed by atoms with Crippen LogP contribution in [0.3, 0.4) is 0 Å². The maximum atomic E-state index is 4.79. The quantitative estimate of drug-likeness (QED) is 0.194. The highest BCUT2D eigenvalue weighted by atomic mass is 14.7. The Morgan fingerprint density at radius 1 is 0.326 bits per heavy atom. The molecule has 0 radical (unpaired) electrons. The van der Waals surface area contributed by atoms with Crippen molar-refractivity contribution < 1.29 is 0 Å². The summed E-state index contributed by atoms with van der Waals surface area (Å²) in [6.45, 7) is 0. The Balaban J connectivity index is 1.21. The van der Waals surface area contributed by atoms with E-state index in [2.05, 4.69) is 132 Å². The summed E-state index contributed by atoms with van der Waals surface area (Å²) >= 11 is 0. The monoisotopic (exact) mass is 582 g/mol. The van der Waals surface area contributed by atoms with Gasteiger partial charge in [-0.25, -0.2) is 0 Å². The van der Waals surface area contributed by atoms with E-state index >= 15 is 0 Å². The number of benzene rings is 7. The van der Waals surface area contributed by atoms with Gasteiger partial charge >= 0.3 is 0 Å². The summed E-state index contributed by atoms with van der Waals surface area (Å²) in [5.41, 5.74) is 6.67. The highest BCUT2D eigenvalue weighted by Crippen LogP contribution is 2.44. The first-order chi connectivity index (χ1) is 22.8. The van der Waals surface area contributed by atoms with Crippen LogP contribution in [0.4, 0.5) is 0 Å². The lowest BCUT2D eigenvalue weighted by Gasteiger charge is -2.17. The summed E-state index contributed by atoms with van der Waals surface area (Å²) in [7, 11) is 0. The third-order valence-corrected chi connectivity index (χ3v) is 9.72. The molecule has 46 heavy (non-hydrogen) atoms. The Morgan fingerprint density at radius 3 is 1.41 bits per heavy atom. The van der Waals surface area contributed by atoms with E-state index in [1.165, 1.54) is 75.8 Å². The van der Waals surface area contributed by atoms with Crippen molar-refractivity contribution in [3.8, 4) is 33.5 Å². The lowest BCUT2D eigenvalue weighted by atomic mass is 9.86. The van der Waals surface area contributed by atoms with Gasteiger partial charge < -0.3 is 0 Å². The Kier molecular flexibility index (Phi) is 5.31. The molecule has 2 heterocycles. The Labute approximate surface area is 265 Å².